The highest BCUT2D eigenvalue weighted by Crippen LogP contribution is 2.23. The van der Waals surface area contributed by atoms with Gasteiger partial charge in [0.15, 0.2) is 0 Å². The SMILES string of the molecule is O=C(CCCOc1ccccc1)Nc1ccc(F)cc1Br. The van der Waals surface area contributed by atoms with Gasteiger partial charge in [-0.05, 0) is 52.7 Å². The molecule has 2 aromatic carbocycles. The zero-order valence-electron chi connectivity index (χ0n) is 11.3. The first-order valence-electron chi connectivity index (χ1n) is 6.58. The maximum Gasteiger partial charge on any atom is 0.224 e. The van der Waals surface area contributed by atoms with E-state index in [0.29, 0.717) is 29.6 Å². The Kier molecular flexibility index (Phi) is 5.75. The molecule has 2 rings (SSSR count). The van der Waals surface area contributed by atoms with Gasteiger partial charge < -0.3 is 10.1 Å². The molecule has 0 aliphatic heterocycles. The molecule has 3 nitrogen and oxygen atoms in total. The normalized spacial score (nSPS) is 10.2. The summed E-state index contributed by atoms with van der Waals surface area (Å²) in [6.45, 7) is 0.474. The van der Waals surface area contributed by atoms with Crippen LogP contribution >= 0.6 is 15.9 Å². The summed E-state index contributed by atoms with van der Waals surface area (Å²) >= 11 is 3.21. The lowest BCUT2D eigenvalue weighted by molar-refractivity contribution is -0.116. The number of carbonyl (C=O) groups is 1. The first-order chi connectivity index (χ1) is 10.1. The zero-order chi connectivity index (χ0) is 15.1. The van der Waals surface area contributed by atoms with Crippen LogP contribution in [0.15, 0.2) is 53.0 Å². The van der Waals surface area contributed by atoms with E-state index in [1.807, 2.05) is 30.3 Å². The summed E-state index contributed by atoms with van der Waals surface area (Å²) in [5, 5.41) is 2.73. The minimum absolute atomic E-state index is 0.126. The quantitative estimate of drug-likeness (QED) is 0.784. The van der Waals surface area contributed by atoms with Crippen molar-refractivity contribution < 1.29 is 13.9 Å². The first kappa shape index (κ1) is 15.5. The third-order valence-electron chi connectivity index (χ3n) is 2.77. The van der Waals surface area contributed by atoms with Crippen molar-refractivity contribution in [3.8, 4) is 5.75 Å². The molecular weight excluding hydrogens is 337 g/mol. The zero-order valence-corrected chi connectivity index (χ0v) is 12.9. The molecule has 0 fully saturated rings. The van der Waals surface area contributed by atoms with Crippen LogP contribution < -0.4 is 10.1 Å². The Hall–Kier alpha value is -1.88. The fourth-order valence-electron chi connectivity index (χ4n) is 1.74. The number of carbonyl (C=O) groups excluding carboxylic acids is 1. The van der Waals surface area contributed by atoms with Crippen LogP contribution in [-0.2, 0) is 4.79 Å². The number of hydrogen-bond donors (Lipinski definition) is 1. The highest BCUT2D eigenvalue weighted by Gasteiger charge is 2.06. The van der Waals surface area contributed by atoms with Crippen LogP contribution in [0.1, 0.15) is 12.8 Å². The molecule has 0 unspecified atom stereocenters. The minimum Gasteiger partial charge on any atom is -0.494 e. The summed E-state index contributed by atoms with van der Waals surface area (Å²) in [7, 11) is 0. The van der Waals surface area contributed by atoms with Crippen molar-refractivity contribution in [1.29, 1.82) is 0 Å². The Morgan fingerprint density at radius 1 is 1.19 bits per heavy atom. The average Bonchev–Trinajstić information content (AvgIpc) is 2.48. The smallest absolute Gasteiger partial charge is 0.224 e. The second-order valence-corrected chi connectivity index (χ2v) is 5.29. The van der Waals surface area contributed by atoms with Gasteiger partial charge in [-0.1, -0.05) is 18.2 Å². The second kappa shape index (κ2) is 7.78. The van der Waals surface area contributed by atoms with Gasteiger partial charge in [-0.25, -0.2) is 4.39 Å². The molecule has 0 bridgehead atoms. The summed E-state index contributed by atoms with van der Waals surface area (Å²) < 4.78 is 19.0. The topological polar surface area (TPSA) is 38.3 Å². The summed E-state index contributed by atoms with van der Waals surface area (Å²) in [5.41, 5.74) is 0.561. The number of amides is 1. The fourth-order valence-corrected chi connectivity index (χ4v) is 2.19. The molecule has 0 aromatic heterocycles. The van der Waals surface area contributed by atoms with Crippen molar-refractivity contribution in [3.63, 3.8) is 0 Å². The minimum atomic E-state index is -0.351. The van der Waals surface area contributed by atoms with Gasteiger partial charge in [-0.2, -0.15) is 0 Å². The van der Waals surface area contributed by atoms with Gasteiger partial charge in [-0.15, -0.1) is 0 Å². The molecule has 2 aromatic rings. The number of rotatable bonds is 6. The molecular formula is C16H15BrFNO2. The summed E-state index contributed by atoms with van der Waals surface area (Å²) in [6.07, 6.45) is 0.955. The van der Waals surface area contributed by atoms with E-state index in [1.165, 1.54) is 18.2 Å². The molecule has 0 radical (unpaired) electrons. The van der Waals surface area contributed by atoms with E-state index in [-0.39, 0.29) is 11.7 Å². The monoisotopic (exact) mass is 351 g/mol. The van der Waals surface area contributed by atoms with Crippen molar-refractivity contribution in [2.24, 2.45) is 0 Å². The molecule has 0 heterocycles. The van der Waals surface area contributed by atoms with Crippen molar-refractivity contribution in [2.75, 3.05) is 11.9 Å². The average molecular weight is 352 g/mol. The Morgan fingerprint density at radius 2 is 1.95 bits per heavy atom. The predicted octanol–water partition coefficient (Wildman–Crippen LogP) is 4.39. The van der Waals surface area contributed by atoms with Crippen LogP contribution in [0.5, 0.6) is 5.75 Å². The van der Waals surface area contributed by atoms with Gasteiger partial charge in [0.05, 0.1) is 12.3 Å². The fraction of sp³-hybridized carbons (Fsp3) is 0.188. The number of para-hydroxylation sites is 1. The molecule has 5 heteroatoms. The van der Waals surface area contributed by atoms with Gasteiger partial charge in [-0.3, -0.25) is 4.79 Å². The lowest BCUT2D eigenvalue weighted by Crippen LogP contribution is -2.13. The van der Waals surface area contributed by atoms with Crippen LogP contribution in [-0.4, -0.2) is 12.5 Å². The molecule has 1 N–H and O–H groups in total. The van der Waals surface area contributed by atoms with Gasteiger partial charge in [0.2, 0.25) is 5.91 Å². The maximum atomic E-state index is 12.9. The van der Waals surface area contributed by atoms with Crippen LogP contribution in [0.25, 0.3) is 0 Å². The maximum absolute atomic E-state index is 12.9. The van der Waals surface area contributed by atoms with E-state index in [9.17, 15) is 9.18 Å². The molecule has 0 spiro atoms. The van der Waals surface area contributed by atoms with E-state index in [1.54, 1.807) is 0 Å². The van der Waals surface area contributed by atoms with Crippen LogP contribution in [0, 0.1) is 5.82 Å². The van der Waals surface area contributed by atoms with Gasteiger partial charge >= 0.3 is 0 Å². The van der Waals surface area contributed by atoms with E-state index >= 15 is 0 Å². The number of ether oxygens (including phenoxy) is 1. The van der Waals surface area contributed by atoms with E-state index in [4.69, 9.17) is 4.74 Å². The third-order valence-corrected chi connectivity index (χ3v) is 3.42. The number of anilines is 1. The third kappa shape index (κ3) is 5.19. The van der Waals surface area contributed by atoms with E-state index in [2.05, 4.69) is 21.2 Å². The molecule has 0 aliphatic rings. The molecule has 0 aliphatic carbocycles. The van der Waals surface area contributed by atoms with Crippen molar-refractivity contribution in [1.82, 2.24) is 0 Å². The highest BCUT2D eigenvalue weighted by atomic mass is 79.9. The van der Waals surface area contributed by atoms with E-state index in [0.717, 1.165) is 5.75 Å². The highest BCUT2D eigenvalue weighted by molar-refractivity contribution is 9.10. The number of hydrogen-bond acceptors (Lipinski definition) is 2. The molecule has 110 valence electrons. The number of halogens is 2. The first-order valence-corrected chi connectivity index (χ1v) is 7.37. The Labute approximate surface area is 131 Å². The molecule has 21 heavy (non-hydrogen) atoms. The molecule has 1 amide bonds. The van der Waals surface area contributed by atoms with E-state index < -0.39 is 0 Å². The van der Waals surface area contributed by atoms with Gasteiger partial charge in [0, 0.05) is 10.9 Å². The molecule has 0 atom stereocenters. The number of benzene rings is 2. The van der Waals surface area contributed by atoms with Crippen LogP contribution in [0.2, 0.25) is 0 Å². The Balaban J connectivity index is 1.72. The van der Waals surface area contributed by atoms with Crippen LogP contribution in [0.4, 0.5) is 10.1 Å². The predicted molar refractivity (Wildman–Crippen MR) is 83.9 cm³/mol. The number of nitrogens with one attached hydrogen (secondary N) is 1. The molecule has 0 saturated carbocycles. The Morgan fingerprint density at radius 3 is 2.67 bits per heavy atom. The second-order valence-electron chi connectivity index (χ2n) is 4.44. The Bertz CT molecular complexity index is 604. The summed E-state index contributed by atoms with van der Waals surface area (Å²) in [4.78, 5) is 11.8. The van der Waals surface area contributed by atoms with Gasteiger partial charge in [0.1, 0.15) is 11.6 Å². The van der Waals surface area contributed by atoms with Crippen molar-refractivity contribution in [2.45, 2.75) is 12.8 Å². The van der Waals surface area contributed by atoms with Crippen LogP contribution in [0.3, 0.4) is 0 Å². The van der Waals surface area contributed by atoms with Gasteiger partial charge in [0.25, 0.3) is 0 Å². The summed E-state index contributed by atoms with van der Waals surface area (Å²) in [5.74, 6) is 0.314. The van der Waals surface area contributed by atoms with Crippen molar-refractivity contribution in [3.05, 3.63) is 58.8 Å². The summed E-state index contributed by atoms with van der Waals surface area (Å²) in [6, 6.07) is 13.6. The lowest BCUT2D eigenvalue weighted by Gasteiger charge is -2.08. The lowest BCUT2D eigenvalue weighted by atomic mass is 10.2. The largest absolute Gasteiger partial charge is 0.494 e. The molecule has 0 saturated heterocycles. The standard InChI is InChI=1S/C16H15BrFNO2/c17-14-11-12(18)8-9-15(14)19-16(20)7-4-10-21-13-5-2-1-3-6-13/h1-3,5-6,8-9,11H,4,7,10H2,(H,19,20). The van der Waals surface area contributed by atoms with Crippen molar-refractivity contribution >= 4 is 27.5 Å².